The first kappa shape index (κ1) is 23.3. The molecule has 0 atom stereocenters. The van der Waals surface area contributed by atoms with Crippen molar-refractivity contribution < 1.29 is 27.8 Å². The van der Waals surface area contributed by atoms with Crippen LogP contribution in [0.3, 0.4) is 0 Å². The number of morpholine rings is 1. The molecular formula is C26H30FNO5. The van der Waals surface area contributed by atoms with E-state index < -0.39 is 0 Å². The molecule has 1 aliphatic heterocycles. The van der Waals surface area contributed by atoms with Crippen LogP contribution in [-0.2, 0) is 11.2 Å². The van der Waals surface area contributed by atoms with Crippen LogP contribution in [0.4, 0.5) is 4.39 Å². The lowest BCUT2D eigenvalue weighted by Gasteiger charge is -2.27. The summed E-state index contributed by atoms with van der Waals surface area (Å²) >= 11 is 0. The lowest BCUT2D eigenvalue weighted by Crippen LogP contribution is -2.38. The maximum atomic E-state index is 13.1. The van der Waals surface area contributed by atoms with E-state index in [1.165, 1.54) is 12.1 Å². The molecule has 0 bridgehead atoms. The van der Waals surface area contributed by atoms with E-state index in [0.717, 1.165) is 62.2 Å². The quantitative estimate of drug-likeness (QED) is 0.323. The second kappa shape index (κ2) is 10.8. The van der Waals surface area contributed by atoms with Crippen LogP contribution in [0, 0.1) is 12.7 Å². The summed E-state index contributed by atoms with van der Waals surface area (Å²) < 4.78 is 36.6. The zero-order valence-electron chi connectivity index (χ0n) is 19.2. The molecule has 1 saturated heterocycles. The van der Waals surface area contributed by atoms with Gasteiger partial charge in [-0.25, -0.2) is 4.39 Å². The van der Waals surface area contributed by atoms with Crippen molar-refractivity contribution in [2.75, 3.05) is 46.1 Å². The molecule has 2 aromatic carbocycles. The van der Waals surface area contributed by atoms with Gasteiger partial charge in [0.05, 0.1) is 31.6 Å². The Morgan fingerprint density at radius 2 is 1.79 bits per heavy atom. The van der Waals surface area contributed by atoms with Crippen molar-refractivity contribution in [2.24, 2.45) is 0 Å². The highest BCUT2D eigenvalue weighted by Gasteiger charge is 2.25. The third kappa shape index (κ3) is 5.54. The Hall–Kier alpha value is -2.90. The second-order valence-electron chi connectivity index (χ2n) is 8.26. The van der Waals surface area contributed by atoms with Crippen LogP contribution in [0.25, 0.3) is 11.0 Å². The van der Waals surface area contributed by atoms with E-state index in [0.29, 0.717) is 35.9 Å². The van der Waals surface area contributed by atoms with Crippen LogP contribution in [0.5, 0.6) is 11.5 Å². The van der Waals surface area contributed by atoms with E-state index in [4.69, 9.17) is 18.6 Å². The first-order valence-corrected chi connectivity index (χ1v) is 11.4. The van der Waals surface area contributed by atoms with E-state index in [-0.39, 0.29) is 11.6 Å². The number of furan rings is 1. The van der Waals surface area contributed by atoms with E-state index >= 15 is 0 Å². The fourth-order valence-electron chi connectivity index (χ4n) is 4.20. The monoisotopic (exact) mass is 455 g/mol. The maximum Gasteiger partial charge on any atom is 0.205 e. The molecule has 7 heteroatoms. The molecule has 0 radical (unpaired) electrons. The van der Waals surface area contributed by atoms with Crippen LogP contribution in [0.15, 0.2) is 41.0 Å². The van der Waals surface area contributed by atoms with Gasteiger partial charge >= 0.3 is 0 Å². The van der Waals surface area contributed by atoms with Gasteiger partial charge in [0.1, 0.15) is 12.4 Å². The fraction of sp³-hybridized carbons (Fsp3) is 0.423. The lowest BCUT2D eigenvalue weighted by atomic mass is 9.99. The maximum absolute atomic E-state index is 13.1. The average Bonchev–Trinajstić information content (AvgIpc) is 3.30. The van der Waals surface area contributed by atoms with Gasteiger partial charge < -0.3 is 18.6 Å². The zero-order valence-corrected chi connectivity index (χ0v) is 19.2. The average molecular weight is 456 g/mol. The molecule has 1 aliphatic rings. The van der Waals surface area contributed by atoms with Gasteiger partial charge in [0.25, 0.3) is 0 Å². The standard InChI is InChI=1S/C26H30FNO5/c1-18-22-9-14-32-24(22)26(31-13-3-4-20-5-7-21(27)8-6-20)25(23(18)19(2)29)33-17-12-28-10-15-30-16-11-28/h5-9,14H,3-4,10-13,15-17H2,1-2H3. The minimum atomic E-state index is -0.245. The number of ether oxygens (including phenoxy) is 3. The number of carbonyl (C=O) groups excluding carboxylic acids is 1. The zero-order chi connectivity index (χ0) is 23.2. The molecule has 0 aliphatic carbocycles. The normalized spacial score (nSPS) is 14.5. The summed E-state index contributed by atoms with van der Waals surface area (Å²) in [4.78, 5) is 14.9. The number of fused-ring (bicyclic) bond motifs is 1. The molecule has 1 fully saturated rings. The third-order valence-electron chi connectivity index (χ3n) is 5.96. The molecule has 2 heterocycles. The Kier molecular flexibility index (Phi) is 7.62. The predicted octanol–water partition coefficient (Wildman–Crippen LogP) is 4.81. The van der Waals surface area contributed by atoms with Gasteiger partial charge in [-0.3, -0.25) is 9.69 Å². The minimum Gasteiger partial charge on any atom is -0.487 e. The molecule has 4 rings (SSSR count). The number of nitrogens with zero attached hydrogens (tertiary/aromatic N) is 1. The molecule has 0 N–H and O–H groups in total. The van der Waals surface area contributed by atoms with E-state index in [1.54, 1.807) is 25.3 Å². The van der Waals surface area contributed by atoms with Crippen molar-refractivity contribution in [3.8, 4) is 11.5 Å². The van der Waals surface area contributed by atoms with Crippen LogP contribution >= 0.6 is 0 Å². The Labute approximate surface area is 193 Å². The van der Waals surface area contributed by atoms with Gasteiger partial charge in [0, 0.05) is 25.0 Å². The largest absolute Gasteiger partial charge is 0.487 e. The molecule has 176 valence electrons. The number of aryl methyl sites for hydroxylation is 2. The number of carbonyl (C=O) groups is 1. The van der Waals surface area contributed by atoms with Crippen molar-refractivity contribution in [1.82, 2.24) is 4.90 Å². The highest BCUT2D eigenvalue weighted by molar-refractivity contribution is 6.05. The number of hydrogen-bond donors (Lipinski definition) is 0. The highest BCUT2D eigenvalue weighted by Crippen LogP contribution is 2.43. The second-order valence-corrected chi connectivity index (χ2v) is 8.26. The Bertz CT molecular complexity index is 1090. The van der Waals surface area contributed by atoms with Crippen LogP contribution in [0.1, 0.15) is 34.8 Å². The van der Waals surface area contributed by atoms with Gasteiger partial charge in [-0.2, -0.15) is 0 Å². The van der Waals surface area contributed by atoms with Crippen LogP contribution in [0.2, 0.25) is 0 Å². The first-order chi connectivity index (χ1) is 16.0. The molecule has 6 nitrogen and oxygen atoms in total. The SMILES string of the molecule is CC(=O)c1c(OCCN2CCOCC2)c(OCCCc2ccc(F)cc2)c2occc2c1C. The highest BCUT2D eigenvalue weighted by atomic mass is 19.1. The number of benzene rings is 2. The Balaban J connectivity index is 1.52. The number of hydrogen-bond acceptors (Lipinski definition) is 6. The summed E-state index contributed by atoms with van der Waals surface area (Å²) in [6.07, 6.45) is 3.08. The summed E-state index contributed by atoms with van der Waals surface area (Å²) in [5, 5.41) is 0.842. The van der Waals surface area contributed by atoms with Gasteiger partial charge in [-0.1, -0.05) is 12.1 Å². The first-order valence-electron chi connectivity index (χ1n) is 11.4. The Morgan fingerprint density at radius 3 is 2.52 bits per heavy atom. The summed E-state index contributed by atoms with van der Waals surface area (Å²) in [6, 6.07) is 8.32. The van der Waals surface area contributed by atoms with E-state index in [9.17, 15) is 9.18 Å². The van der Waals surface area contributed by atoms with E-state index in [2.05, 4.69) is 4.90 Å². The van der Waals surface area contributed by atoms with Crippen molar-refractivity contribution in [3.05, 3.63) is 59.1 Å². The molecule has 33 heavy (non-hydrogen) atoms. The molecular weight excluding hydrogens is 425 g/mol. The molecule has 0 saturated carbocycles. The molecule has 1 aromatic heterocycles. The molecule has 0 amide bonds. The van der Waals surface area contributed by atoms with Gasteiger partial charge in [0.15, 0.2) is 17.1 Å². The van der Waals surface area contributed by atoms with Crippen molar-refractivity contribution >= 4 is 16.8 Å². The minimum absolute atomic E-state index is 0.0758. The number of rotatable bonds is 10. The Morgan fingerprint density at radius 1 is 1.06 bits per heavy atom. The summed E-state index contributed by atoms with van der Waals surface area (Å²) in [7, 11) is 0. The number of Topliss-reactive ketones (excluding diaryl/α,β-unsaturated/α-hetero) is 1. The third-order valence-corrected chi connectivity index (χ3v) is 5.96. The summed E-state index contributed by atoms with van der Waals surface area (Å²) in [6.45, 7) is 8.20. The smallest absolute Gasteiger partial charge is 0.205 e. The summed E-state index contributed by atoms with van der Waals surface area (Å²) in [5.41, 5.74) is 2.98. The van der Waals surface area contributed by atoms with Crippen molar-refractivity contribution in [3.63, 3.8) is 0 Å². The van der Waals surface area contributed by atoms with E-state index in [1.807, 2.05) is 13.0 Å². The van der Waals surface area contributed by atoms with Crippen molar-refractivity contribution in [2.45, 2.75) is 26.7 Å². The summed E-state index contributed by atoms with van der Waals surface area (Å²) in [5.74, 6) is 0.586. The molecule has 3 aromatic rings. The number of halogens is 1. The van der Waals surface area contributed by atoms with Gasteiger partial charge in [0.2, 0.25) is 5.75 Å². The predicted molar refractivity (Wildman–Crippen MR) is 124 cm³/mol. The lowest BCUT2D eigenvalue weighted by molar-refractivity contribution is 0.0320. The van der Waals surface area contributed by atoms with Gasteiger partial charge in [-0.05, 0) is 56.0 Å². The molecule has 0 unspecified atom stereocenters. The van der Waals surface area contributed by atoms with Gasteiger partial charge in [-0.15, -0.1) is 0 Å². The van der Waals surface area contributed by atoms with Crippen LogP contribution < -0.4 is 9.47 Å². The topological polar surface area (TPSA) is 61.1 Å². The number of ketones is 1. The fourth-order valence-corrected chi connectivity index (χ4v) is 4.20. The van der Waals surface area contributed by atoms with Crippen LogP contribution in [-0.4, -0.2) is 56.7 Å². The molecule has 0 spiro atoms. The van der Waals surface area contributed by atoms with Crippen molar-refractivity contribution in [1.29, 1.82) is 0 Å².